The molecule has 1 saturated heterocycles. The molecule has 2 unspecified atom stereocenters. The molecular formula is C15H21N3O3. The van der Waals surface area contributed by atoms with Gasteiger partial charge in [0.2, 0.25) is 5.91 Å². The summed E-state index contributed by atoms with van der Waals surface area (Å²) in [7, 11) is 1.88. The molecule has 1 aliphatic rings. The largest absolute Gasteiger partial charge is 0.338 e. The number of rotatable bonds is 5. The van der Waals surface area contributed by atoms with Crippen LogP contribution in [0.15, 0.2) is 24.3 Å². The number of likely N-dealkylation sites (tertiary alicyclic amines) is 1. The molecule has 114 valence electrons. The number of benzene rings is 1. The van der Waals surface area contributed by atoms with Crippen molar-refractivity contribution in [1.29, 1.82) is 0 Å². The number of carbonyl (C=O) groups is 1. The highest BCUT2D eigenvalue weighted by Gasteiger charge is 2.31. The Balaban J connectivity index is 2.15. The quantitative estimate of drug-likeness (QED) is 0.664. The fourth-order valence-electron chi connectivity index (χ4n) is 2.87. The highest BCUT2D eigenvalue weighted by Crippen LogP contribution is 2.26. The van der Waals surface area contributed by atoms with Crippen LogP contribution in [0, 0.1) is 10.1 Å². The maximum atomic E-state index is 12.6. The maximum Gasteiger partial charge on any atom is 0.269 e. The van der Waals surface area contributed by atoms with Gasteiger partial charge in [0.1, 0.15) is 0 Å². The minimum Gasteiger partial charge on any atom is -0.338 e. The number of likely N-dealkylation sites (N-methyl/N-ethyl adjacent to an activating group) is 1. The molecular weight excluding hydrogens is 270 g/mol. The normalized spacial score (nSPS) is 19.5. The third kappa shape index (κ3) is 3.39. The van der Waals surface area contributed by atoms with Crippen molar-refractivity contribution in [1.82, 2.24) is 10.2 Å². The second-order valence-electron chi connectivity index (χ2n) is 5.46. The Labute approximate surface area is 124 Å². The summed E-state index contributed by atoms with van der Waals surface area (Å²) >= 11 is 0. The predicted octanol–water partition coefficient (Wildman–Crippen LogP) is 1.91. The number of amides is 1. The molecule has 6 nitrogen and oxygen atoms in total. The summed E-state index contributed by atoms with van der Waals surface area (Å²) in [6.07, 6.45) is 2.02. The summed E-state index contributed by atoms with van der Waals surface area (Å²) in [5.74, 6) is -0.310. The number of non-ortho nitro benzene ring substituents is 1. The van der Waals surface area contributed by atoms with E-state index in [0.29, 0.717) is 5.56 Å². The molecule has 0 saturated carbocycles. The van der Waals surface area contributed by atoms with Gasteiger partial charge in [0.15, 0.2) is 0 Å². The second kappa shape index (κ2) is 6.67. The first-order chi connectivity index (χ1) is 10.0. The van der Waals surface area contributed by atoms with Crippen molar-refractivity contribution in [2.45, 2.75) is 31.7 Å². The number of carbonyl (C=O) groups excluding carboxylic acids is 1. The molecule has 1 aromatic carbocycles. The number of nitro benzene ring substituents is 1. The van der Waals surface area contributed by atoms with Crippen LogP contribution >= 0.6 is 0 Å². The van der Waals surface area contributed by atoms with Crippen LogP contribution in [0.3, 0.4) is 0 Å². The second-order valence-corrected chi connectivity index (χ2v) is 5.46. The number of hydrogen-bond donors (Lipinski definition) is 1. The Hall–Kier alpha value is -1.95. The lowest BCUT2D eigenvalue weighted by atomic mass is 9.98. The number of nitro groups is 1. The predicted molar refractivity (Wildman–Crippen MR) is 80.2 cm³/mol. The molecule has 21 heavy (non-hydrogen) atoms. The smallest absolute Gasteiger partial charge is 0.269 e. The van der Waals surface area contributed by atoms with E-state index in [2.05, 4.69) is 5.32 Å². The van der Waals surface area contributed by atoms with E-state index in [9.17, 15) is 14.9 Å². The molecule has 6 heteroatoms. The molecule has 1 N–H and O–H groups in total. The summed E-state index contributed by atoms with van der Waals surface area (Å²) in [4.78, 5) is 25.0. The van der Waals surface area contributed by atoms with Crippen LogP contribution in [0.1, 0.15) is 31.2 Å². The Bertz CT molecular complexity index is 533. The molecule has 1 fully saturated rings. The molecule has 1 heterocycles. The topological polar surface area (TPSA) is 75.5 Å². The van der Waals surface area contributed by atoms with Gasteiger partial charge < -0.3 is 10.2 Å². The fraction of sp³-hybridized carbons (Fsp3) is 0.533. The van der Waals surface area contributed by atoms with E-state index in [1.165, 1.54) is 12.1 Å². The summed E-state index contributed by atoms with van der Waals surface area (Å²) in [6.45, 7) is 3.37. The lowest BCUT2D eigenvalue weighted by molar-refractivity contribution is -0.384. The monoisotopic (exact) mass is 291 g/mol. The molecule has 2 rings (SSSR count). The minimum atomic E-state index is -0.430. The van der Waals surface area contributed by atoms with E-state index < -0.39 is 4.92 Å². The van der Waals surface area contributed by atoms with Gasteiger partial charge in [-0.15, -0.1) is 0 Å². The number of nitrogens with zero attached hydrogens (tertiary/aromatic N) is 2. The SMILES string of the molecule is CNCC1CCCN1C(=O)C(C)c1cccc([N+](=O)[O-])c1. The van der Waals surface area contributed by atoms with Crippen LogP contribution in [0.2, 0.25) is 0 Å². The summed E-state index contributed by atoms with van der Waals surface area (Å²) in [5.41, 5.74) is 0.727. The van der Waals surface area contributed by atoms with Crippen LogP contribution in [-0.4, -0.2) is 41.9 Å². The number of nitrogens with one attached hydrogen (secondary N) is 1. The van der Waals surface area contributed by atoms with Gasteiger partial charge in [0.25, 0.3) is 5.69 Å². The van der Waals surface area contributed by atoms with Gasteiger partial charge in [0.05, 0.1) is 10.8 Å². The average molecular weight is 291 g/mol. The zero-order chi connectivity index (χ0) is 15.4. The van der Waals surface area contributed by atoms with Crippen LogP contribution in [-0.2, 0) is 4.79 Å². The Morgan fingerprint density at radius 1 is 1.57 bits per heavy atom. The van der Waals surface area contributed by atoms with E-state index in [1.807, 2.05) is 18.9 Å². The third-order valence-corrected chi connectivity index (χ3v) is 4.05. The molecule has 0 radical (unpaired) electrons. The van der Waals surface area contributed by atoms with Crippen molar-refractivity contribution >= 4 is 11.6 Å². The van der Waals surface area contributed by atoms with Crippen molar-refractivity contribution in [3.05, 3.63) is 39.9 Å². The first kappa shape index (κ1) is 15.4. The highest BCUT2D eigenvalue weighted by molar-refractivity contribution is 5.84. The van der Waals surface area contributed by atoms with Gasteiger partial charge in [0, 0.05) is 31.3 Å². The van der Waals surface area contributed by atoms with Crippen molar-refractivity contribution < 1.29 is 9.72 Å². The summed E-state index contributed by atoms with van der Waals surface area (Å²) in [6, 6.07) is 6.57. The van der Waals surface area contributed by atoms with Crippen molar-refractivity contribution in [3.8, 4) is 0 Å². The minimum absolute atomic E-state index is 0.0281. The van der Waals surface area contributed by atoms with Gasteiger partial charge >= 0.3 is 0 Å². The average Bonchev–Trinajstić information content (AvgIpc) is 2.94. The van der Waals surface area contributed by atoms with E-state index in [4.69, 9.17) is 0 Å². The molecule has 0 aromatic heterocycles. The lowest BCUT2D eigenvalue weighted by Gasteiger charge is -2.27. The van der Waals surface area contributed by atoms with Crippen molar-refractivity contribution in [2.75, 3.05) is 20.1 Å². The zero-order valence-corrected chi connectivity index (χ0v) is 12.4. The van der Waals surface area contributed by atoms with Gasteiger partial charge in [-0.2, -0.15) is 0 Å². The van der Waals surface area contributed by atoms with E-state index in [0.717, 1.165) is 25.9 Å². The molecule has 2 atom stereocenters. The van der Waals surface area contributed by atoms with Crippen molar-refractivity contribution in [3.63, 3.8) is 0 Å². The van der Waals surface area contributed by atoms with Gasteiger partial charge in [-0.05, 0) is 32.4 Å². The summed E-state index contributed by atoms with van der Waals surface area (Å²) < 4.78 is 0. The van der Waals surface area contributed by atoms with Gasteiger partial charge in [-0.25, -0.2) is 0 Å². The van der Waals surface area contributed by atoms with Crippen LogP contribution in [0.25, 0.3) is 0 Å². The van der Waals surface area contributed by atoms with Crippen LogP contribution in [0.5, 0.6) is 0 Å². The fourth-order valence-corrected chi connectivity index (χ4v) is 2.87. The van der Waals surface area contributed by atoms with Crippen LogP contribution < -0.4 is 5.32 Å². The molecule has 1 aromatic rings. The number of hydrogen-bond acceptors (Lipinski definition) is 4. The molecule has 0 bridgehead atoms. The molecule has 0 spiro atoms. The van der Waals surface area contributed by atoms with Crippen LogP contribution in [0.4, 0.5) is 5.69 Å². The third-order valence-electron chi connectivity index (χ3n) is 4.05. The Kier molecular flexibility index (Phi) is 4.90. The molecule has 1 amide bonds. The Morgan fingerprint density at radius 3 is 3.00 bits per heavy atom. The van der Waals surface area contributed by atoms with E-state index in [1.54, 1.807) is 12.1 Å². The molecule has 0 aliphatic carbocycles. The Morgan fingerprint density at radius 2 is 2.33 bits per heavy atom. The zero-order valence-electron chi connectivity index (χ0n) is 12.4. The van der Waals surface area contributed by atoms with E-state index in [-0.39, 0.29) is 23.6 Å². The first-order valence-electron chi connectivity index (χ1n) is 7.24. The van der Waals surface area contributed by atoms with E-state index >= 15 is 0 Å². The molecule has 1 aliphatic heterocycles. The maximum absolute atomic E-state index is 12.6. The summed E-state index contributed by atoms with van der Waals surface area (Å²) in [5, 5.41) is 14.0. The van der Waals surface area contributed by atoms with Gasteiger partial charge in [-0.1, -0.05) is 12.1 Å². The van der Waals surface area contributed by atoms with Gasteiger partial charge in [-0.3, -0.25) is 14.9 Å². The standard InChI is InChI=1S/C15H21N3O3/c1-11(12-5-3-6-13(9-12)18(20)21)15(19)17-8-4-7-14(17)10-16-2/h3,5-6,9,11,14,16H,4,7-8,10H2,1-2H3. The lowest BCUT2D eigenvalue weighted by Crippen LogP contribution is -2.42. The van der Waals surface area contributed by atoms with Crippen molar-refractivity contribution in [2.24, 2.45) is 0 Å². The highest BCUT2D eigenvalue weighted by atomic mass is 16.6. The first-order valence-corrected chi connectivity index (χ1v) is 7.24.